The first-order chi connectivity index (χ1) is 10.1. The predicted molar refractivity (Wildman–Crippen MR) is 84.2 cm³/mol. The molecule has 2 atom stereocenters. The molecule has 108 valence electrons. The SMILES string of the molecule is N[C@H]1C(=O)N(Cc2ccccc2)[C@H]1c1ccc(Cl)cc1Cl. The maximum atomic E-state index is 12.1. The second-order valence-corrected chi connectivity index (χ2v) is 5.93. The van der Waals surface area contributed by atoms with E-state index in [4.69, 9.17) is 28.9 Å². The van der Waals surface area contributed by atoms with E-state index in [1.54, 1.807) is 17.0 Å². The molecule has 0 unspecified atom stereocenters. The van der Waals surface area contributed by atoms with Crippen molar-refractivity contribution in [3.63, 3.8) is 0 Å². The Bertz CT molecular complexity index is 675. The first-order valence-corrected chi connectivity index (χ1v) is 7.38. The van der Waals surface area contributed by atoms with Gasteiger partial charge in [0.25, 0.3) is 0 Å². The lowest BCUT2D eigenvalue weighted by Crippen LogP contribution is -2.62. The molecule has 1 heterocycles. The van der Waals surface area contributed by atoms with Gasteiger partial charge in [-0.15, -0.1) is 0 Å². The van der Waals surface area contributed by atoms with E-state index in [0.717, 1.165) is 11.1 Å². The van der Waals surface area contributed by atoms with Crippen molar-refractivity contribution in [2.24, 2.45) is 5.73 Å². The van der Waals surface area contributed by atoms with Crippen LogP contribution in [0.4, 0.5) is 0 Å². The Morgan fingerprint density at radius 2 is 1.81 bits per heavy atom. The molecule has 0 aliphatic carbocycles. The lowest BCUT2D eigenvalue weighted by Gasteiger charge is -2.46. The van der Waals surface area contributed by atoms with Gasteiger partial charge in [-0.1, -0.05) is 59.6 Å². The van der Waals surface area contributed by atoms with Gasteiger partial charge in [-0.3, -0.25) is 4.79 Å². The Balaban J connectivity index is 1.88. The van der Waals surface area contributed by atoms with E-state index in [2.05, 4.69) is 0 Å². The standard InChI is InChI=1S/C16H14Cl2N2O/c17-11-6-7-12(13(18)8-11)15-14(19)16(21)20(15)9-10-4-2-1-3-5-10/h1-8,14-15H,9,19H2/t14-,15+/m1/s1. The molecule has 1 aliphatic rings. The zero-order chi connectivity index (χ0) is 15.0. The maximum Gasteiger partial charge on any atom is 0.242 e. The van der Waals surface area contributed by atoms with Crippen LogP contribution in [0.1, 0.15) is 17.2 Å². The summed E-state index contributed by atoms with van der Waals surface area (Å²) < 4.78 is 0. The molecule has 2 N–H and O–H groups in total. The van der Waals surface area contributed by atoms with Gasteiger partial charge in [0.2, 0.25) is 5.91 Å². The maximum absolute atomic E-state index is 12.1. The van der Waals surface area contributed by atoms with Gasteiger partial charge in [0.1, 0.15) is 6.04 Å². The van der Waals surface area contributed by atoms with Crippen LogP contribution in [0.3, 0.4) is 0 Å². The van der Waals surface area contributed by atoms with Crippen LogP contribution in [0.25, 0.3) is 0 Å². The first-order valence-electron chi connectivity index (χ1n) is 6.63. The number of rotatable bonds is 3. The molecule has 0 bridgehead atoms. The summed E-state index contributed by atoms with van der Waals surface area (Å²) in [5, 5.41) is 1.10. The number of nitrogens with zero attached hydrogens (tertiary/aromatic N) is 1. The summed E-state index contributed by atoms with van der Waals surface area (Å²) in [6.45, 7) is 0.525. The fourth-order valence-electron chi connectivity index (χ4n) is 2.63. The molecule has 0 radical (unpaired) electrons. The number of benzene rings is 2. The second-order valence-electron chi connectivity index (χ2n) is 5.09. The van der Waals surface area contributed by atoms with E-state index in [1.807, 2.05) is 36.4 Å². The molecule has 5 heteroatoms. The Kier molecular flexibility index (Phi) is 3.89. The number of likely N-dealkylation sites (tertiary alicyclic amines) is 1. The van der Waals surface area contributed by atoms with E-state index in [9.17, 15) is 4.79 Å². The molecule has 1 saturated heterocycles. The number of carbonyl (C=O) groups is 1. The van der Waals surface area contributed by atoms with Crippen LogP contribution in [0.2, 0.25) is 10.0 Å². The van der Waals surface area contributed by atoms with Gasteiger partial charge in [-0.2, -0.15) is 0 Å². The highest BCUT2D eigenvalue weighted by Crippen LogP contribution is 2.39. The number of β-lactam (4-membered cyclic amide) rings is 1. The van der Waals surface area contributed by atoms with E-state index in [1.165, 1.54) is 0 Å². The molecule has 0 saturated carbocycles. The molecular weight excluding hydrogens is 307 g/mol. The monoisotopic (exact) mass is 320 g/mol. The summed E-state index contributed by atoms with van der Waals surface area (Å²) in [6.07, 6.45) is 0. The minimum absolute atomic E-state index is 0.0603. The van der Waals surface area contributed by atoms with Gasteiger partial charge < -0.3 is 10.6 Å². The zero-order valence-electron chi connectivity index (χ0n) is 11.2. The van der Waals surface area contributed by atoms with E-state index < -0.39 is 6.04 Å². The fraction of sp³-hybridized carbons (Fsp3) is 0.188. The topological polar surface area (TPSA) is 46.3 Å². The summed E-state index contributed by atoms with van der Waals surface area (Å²) in [4.78, 5) is 13.8. The fourth-order valence-corrected chi connectivity index (χ4v) is 3.15. The molecule has 3 rings (SSSR count). The van der Waals surface area contributed by atoms with Crippen molar-refractivity contribution in [3.05, 3.63) is 69.7 Å². The quantitative estimate of drug-likeness (QED) is 0.881. The Morgan fingerprint density at radius 3 is 2.48 bits per heavy atom. The lowest BCUT2D eigenvalue weighted by atomic mass is 9.88. The van der Waals surface area contributed by atoms with E-state index >= 15 is 0 Å². The highest BCUT2D eigenvalue weighted by Gasteiger charge is 2.46. The van der Waals surface area contributed by atoms with Gasteiger partial charge in [0.15, 0.2) is 0 Å². The molecule has 0 aromatic heterocycles. The largest absolute Gasteiger partial charge is 0.328 e. The van der Waals surface area contributed by atoms with Gasteiger partial charge in [-0.25, -0.2) is 0 Å². The summed E-state index contributed by atoms with van der Waals surface area (Å²) in [5.41, 5.74) is 7.87. The van der Waals surface area contributed by atoms with Crippen LogP contribution >= 0.6 is 23.2 Å². The molecule has 1 amide bonds. The van der Waals surface area contributed by atoms with E-state index in [0.29, 0.717) is 16.6 Å². The molecule has 2 aromatic rings. The predicted octanol–water partition coefficient (Wildman–Crippen LogP) is 3.40. The minimum Gasteiger partial charge on any atom is -0.328 e. The second kappa shape index (κ2) is 5.68. The molecule has 21 heavy (non-hydrogen) atoms. The van der Waals surface area contributed by atoms with Crippen molar-refractivity contribution in [3.8, 4) is 0 Å². The highest BCUT2D eigenvalue weighted by molar-refractivity contribution is 6.35. The molecule has 1 aliphatic heterocycles. The highest BCUT2D eigenvalue weighted by atomic mass is 35.5. The van der Waals surface area contributed by atoms with Crippen LogP contribution < -0.4 is 5.73 Å². The van der Waals surface area contributed by atoms with Gasteiger partial charge >= 0.3 is 0 Å². The van der Waals surface area contributed by atoms with Crippen molar-refractivity contribution < 1.29 is 4.79 Å². The van der Waals surface area contributed by atoms with Crippen LogP contribution in [-0.2, 0) is 11.3 Å². The Labute approximate surface area is 133 Å². The van der Waals surface area contributed by atoms with E-state index in [-0.39, 0.29) is 11.9 Å². The summed E-state index contributed by atoms with van der Waals surface area (Å²) in [6, 6.07) is 14.3. The number of hydrogen-bond donors (Lipinski definition) is 1. The zero-order valence-corrected chi connectivity index (χ0v) is 12.7. The molecular formula is C16H14Cl2N2O. The molecule has 1 fully saturated rings. The Hall–Kier alpha value is -1.55. The number of halogens is 2. The van der Waals surface area contributed by atoms with Crippen LogP contribution in [0.5, 0.6) is 0 Å². The average molecular weight is 321 g/mol. The van der Waals surface area contributed by atoms with Crippen molar-refractivity contribution in [1.82, 2.24) is 4.90 Å². The van der Waals surface area contributed by atoms with Gasteiger partial charge in [0.05, 0.1) is 6.04 Å². The van der Waals surface area contributed by atoms with Crippen LogP contribution in [0.15, 0.2) is 48.5 Å². The normalized spacial score (nSPS) is 21.3. The smallest absolute Gasteiger partial charge is 0.242 e. The van der Waals surface area contributed by atoms with Crippen molar-refractivity contribution in [2.45, 2.75) is 18.6 Å². The molecule has 0 spiro atoms. The third kappa shape index (κ3) is 2.64. The first kappa shape index (κ1) is 14.4. The number of hydrogen-bond acceptors (Lipinski definition) is 2. The van der Waals surface area contributed by atoms with Crippen molar-refractivity contribution in [2.75, 3.05) is 0 Å². The molecule has 2 aromatic carbocycles. The third-order valence-electron chi connectivity index (χ3n) is 3.72. The number of amides is 1. The Morgan fingerprint density at radius 1 is 1.10 bits per heavy atom. The summed E-state index contributed by atoms with van der Waals surface area (Å²) in [7, 11) is 0. The average Bonchev–Trinajstić information content (AvgIpc) is 2.49. The lowest BCUT2D eigenvalue weighted by molar-refractivity contribution is -0.150. The molecule has 3 nitrogen and oxygen atoms in total. The van der Waals surface area contributed by atoms with Crippen LogP contribution in [0, 0.1) is 0 Å². The van der Waals surface area contributed by atoms with Gasteiger partial charge in [0, 0.05) is 16.6 Å². The van der Waals surface area contributed by atoms with Crippen molar-refractivity contribution in [1.29, 1.82) is 0 Å². The van der Waals surface area contributed by atoms with Crippen molar-refractivity contribution >= 4 is 29.1 Å². The number of carbonyl (C=O) groups excluding carboxylic acids is 1. The summed E-state index contributed by atoms with van der Waals surface area (Å²) in [5.74, 6) is -0.0603. The minimum atomic E-state index is -0.549. The van der Waals surface area contributed by atoms with Gasteiger partial charge in [-0.05, 0) is 23.3 Å². The van der Waals surface area contributed by atoms with Crippen LogP contribution in [-0.4, -0.2) is 16.8 Å². The number of nitrogens with two attached hydrogens (primary N) is 1. The third-order valence-corrected chi connectivity index (χ3v) is 4.28. The summed E-state index contributed by atoms with van der Waals surface area (Å²) >= 11 is 12.2.